The van der Waals surface area contributed by atoms with Crippen LogP contribution in [-0.4, -0.2) is 86.5 Å². The van der Waals surface area contributed by atoms with Crippen LogP contribution in [0, 0.1) is 0 Å². The van der Waals surface area contributed by atoms with Crippen LogP contribution in [0.4, 0.5) is 0 Å². The highest BCUT2D eigenvalue weighted by Gasteiger charge is 2.31. The summed E-state index contributed by atoms with van der Waals surface area (Å²) < 4.78 is 23.0. The summed E-state index contributed by atoms with van der Waals surface area (Å²) in [6.07, 6.45) is 1.47. The van der Waals surface area contributed by atoms with Gasteiger partial charge in [0.25, 0.3) is 11.8 Å². The molecule has 2 amide bonds. The summed E-state index contributed by atoms with van der Waals surface area (Å²) in [6.45, 7) is 17.4. The lowest BCUT2D eigenvalue weighted by molar-refractivity contribution is -0.0566. The lowest BCUT2D eigenvalue weighted by Gasteiger charge is -2.29. The maximum atomic E-state index is 13.1. The van der Waals surface area contributed by atoms with Crippen LogP contribution in [0.3, 0.4) is 0 Å². The average Bonchev–Trinajstić information content (AvgIpc) is 3.30. The number of aliphatic hydroxyl groups excluding tert-OH is 1. The standard InChI is InChI=1S/C36H54N2O7/c1-33(2,42-9)15-17-44-35(5,6)22-37-31(40)24-11-13-26-27-14-12-25(20-29(27)30(21-39)28(26)19-24)32(41)38-23-36(7,8)45-18-16-34(3,4)43-10/h11-14,19-20,30,39H,15-18,21-23H2,1-10H3,(H,37,40)(H,38,41). The minimum absolute atomic E-state index is 0.145. The van der Waals surface area contributed by atoms with Gasteiger partial charge in [-0.2, -0.15) is 0 Å². The Morgan fingerprint density at radius 1 is 0.667 bits per heavy atom. The molecule has 2 aromatic rings. The van der Waals surface area contributed by atoms with E-state index in [0.717, 1.165) is 35.1 Å². The molecule has 3 rings (SSSR count). The molecule has 0 aromatic heterocycles. The lowest BCUT2D eigenvalue weighted by atomic mass is 9.95. The molecule has 0 saturated heterocycles. The number of rotatable bonds is 17. The fourth-order valence-electron chi connectivity index (χ4n) is 5.08. The summed E-state index contributed by atoms with van der Waals surface area (Å²) in [7, 11) is 3.37. The number of fused-ring (bicyclic) bond motifs is 3. The van der Waals surface area contributed by atoms with Crippen molar-refractivity contribution in [2.45, 2.75) is 96.6 Å². The van der Waals surface area contributed by atoms with Crippen molar-refractivity contribution < 1.29 is 33.6 Å². The molecule has 9 heteroatoms. The third-order valence-corrected chi connectivity index (χ3v) is 8.70. The Morgan fingerprint density at radius 2 is 1.04 bits per heavy atom. The van der Waals surface area contributed by atoms with Gasteiger partial charge >= 0.3 is 0 Å². The Kier molecular flexibility index (Phi) is 12.0. The van der Waals surface area contributed by atoms with Crippen LogP contribution in [0.5, 0.6) is 0 Å². The first-order valence-corrected chi connectivity index (χ1v) is 15.8. The molecule has 0 saturated carbocycles. The zero-order valence-electron chi connectivity index (χ0n) is 28.9. The minimum atomic E-state index is -0.556. The van der Waals surface area contributed by atoms with Gasteiger partial charge in [-0.05, 0) is 115 Å². The van der Waals surface area contributed by atoms with Crippen molar-refractivity contribution in [3.63, 3.8) is 0 Å². The Bertz CT molecular complexity index is 1230. The second-order valence-electron chi connectivity index (χ2n) is 14.3. The zero-order valence-corrected chi connectivity index (χ0v) is 28.9. The maximum Gasteiger partial charge on any atom is 0.251 e. The largest absolute Gasteiger partial charge is 0.395 e. The van der Waals surface area contributed by atoms with Crippen molar-refractivity contribution in [2.75, 3.05) is 47.1 Å². The zero-order chi connectivity index (χ0) is 33.6. The number of hydrogen-bond acceptors (Lipinski definition) is 7. The van der Waals surface area contributed by atoms with Crippen molar-refractivity contribution in [3.05, 3.63) is 58.7 Å². The second-order valence-corrected chi connectivity index (χ2v) is 14.3. The van der Waals surface area contributed by atoms with Gasteiger partial charge in [0.1, 0.15) is 0 Å². The molecule has 0 unspecified atom stereocenters. The summed E-state index contributed by atoms with van der Waals surface area (Å²) in [5.41, 5.74) is 2.98. The molecular weight excluding hydrogens is 572 g/mol. The van der Waals surface area contributed by atoms with Crippen molar-refractivity contribution in [1.82, 2.24) is 10.6 Å². The molecule has 9 nitrogen and oxygen atoms in total. The summed E-state index contributed by atoms with van der Waals surface area (Å²) in [5, 5.41) is 16.4. The van der Waals surface area contributed by atoms with E-state index in [4.69, 9.17) is 18.9 Å². The first kappa shape index (κ1) is 36.6. The molecule has 1 aliphatic rings. The Labute approximate surface area is 269 Å². The quantitative estimate of drug-likeness (QED) is 0.213. The number of aliphatic hydroxyl groups is 1. The van der Waals surface area contributed by atoms with Crippen molar-refractivity contribution in [2.24, 2.45) is 0 Å². The molecule has 0 heterocycles. The van der Waals surface area contributed by atoms with Crippen LogP contribution < -0.4 is 10.6 Å². The van der Waals surface area contributed by atoms with Gasteiger partial charge in [-0.15, -0.1) is 0 Å². The van der Waals surface area contributed by atoms with E-state index >= 15 is 0 Å². The van der Waals surface area contributed by atoms with Crippen molar-refractivity contribution in [3.8, 4) is 11.1 Å². The lowest BCUT2D eigenvalue weighted by Crippen LogP contribution is -2.41. The minimum Gasteiger partial charge on any atom is -0.395 e. The van der Waals surface area contributed by atoms with Crippen LogP contribution in [0.1, 0.15) is 106 Å². The molecule has 0 aliphatic heterocycles. The fourth-order valence-corrected chi connectivity index (χ4v) is 5.08. The summed E-state index contributed by atoms with van der Waals surface area (Å²) >= 11 is 0. The third-order valence-electron chi connectivity index (χ3n) is 8.70. The van der Waals surface area contributed by atoms with E-state index in [2.05, 4.69) is 10.6 Å². The summed E-state index contributed by atoms with van der Waals surface area (Å²) in [5.74, 6) is -0.770. The van der Waals surface area contributed by atoms with Gasteiger partial charge in [-0.1, -0.05) is 12.1 Å². The molecule has 2 aromatic carbocycles. The van der Waals surface area contributed by atoms with Crippen molar-refractivity contribution >= 4 is 11.8 Å². The topological polar surface area (TPSA) is 115 Å². The third kappa shape index (κ3) is 10.1. The van der Waals surface area contributed by atoms with Gasteiger partial charge in [0, 0.05) is 44.4 Å². The van der Waals surface area contributed by atoms with Crippen LogP contribution in [-0.2, 0) is 18.9 Å². The number of methoxy groups -OCH3 is 2. The highest BCUT2D eigenvalue weighted by molar-refractivity contribution is 5.98. The number of carbonyl (C=O) groups excluding carboxylic acids is 2. The molecule has 3 N–H and O–H groups in total. The monoisotopic (exact) mass is 626 g/mol. The Hall–Kier alpha value is -2.82. The van der Waals surface area contributed by atoms with Crippen LogP contribution in [0.25, 0.3) is 11.1 Å². The molecule has 1 aliphatic carbocycles. The van der Waals surface area contributed by atoms with Gasteiger partial charge in [0.2, 0.25) is 0 Å². The second kappa shape index (κ2) is 14.7. The summed E-state index contributed by atoms with van der Waals surface area (Å²) in [4.78, 5) is 26.3. The predicted molar refractivity (Wildman–Crippen MR) is 177 cm³/mol. The Morgan fingerprint density at radius 3 is 1.38 bits per heavy atom. The van der Waals surface area contributed by atoms with Gasteiger partial charge in [0.15, 0.2) is 0 Å². The first-order valence-electron chi connectivity index (χ1n) is 15.8. The molecule has 0 radical (unpaired) electrons. The number of carbonyl (C=O) groups is 2. The first-order chi connectivity index (χ1) is 20.9. The van der Waals surface area contributed by atoms with E-state index in [-0.39, 0.29) is 35.5 Å². The maximum absolute atomic E-state index is 13.1. The smallest absolute Gasteiger partial charge is 0.251 e. The van der Waals surface area contributed by atoms with Crippen LogP contribution in [0.2, 0.25) is 0 Å². The average molecular weight is 627 g/mol. The molecular formula is C36H54N2O7. The van der Waals surface area contributed by atoms with Gasteiger partial charge in [-0.3, -0.25) is 9.59 Å². The number of amides is 2. The predicted octanol–water partition coefficient (Wildman–Crippen LogP) is 5.47. The highest BCUT2D eigenvalue weighted by Crippen LogP contribution is 2.45. The van der Waals surface area contributed by atoms with Crippen LogP contribution in [0.15, 0.2) is 36.4 Å². The fraction of sp³-hybridized carbons (Fsp3) is 0.611. The molecule has 0 fully saturated rings. The molecule has 0 bridgehead atoms. The van der Waals surface area contributed by atoms with E-state index in [1.165, 1.54) is 0 Å². The molecule has 250 valence electrons. The molecule has 0 spiro atoms. The highest BCUT2D eigenvalue weighted by atomic mass is 16.5. The van der Waals surface area contributed by atoms with Crippen molar-refractivity contribution in [1.29, 1.82) is 0 Å². The van der Waals surface area contributed by atoms with E-state index < -0.39 is 11.2 Å². The number of hydrogen-bond donors (Lipinski definition) is 3. The van der Waals surface area contributed by atoms with E-state index in [1.54, 1.807) is 26.4 Å². The molecule has 45 heavy (non-hydrogen) atoms. The van der Waals surface area contributed by atoms with E-state index in [9.17, 15) is 14.7 Å². The summed E-state index contributed by atoms with van der Waals surface area (Å²) in [6, 6.07) is 11.1. The van der Waals surface area contributed by atoms with E-state index in [0.29, 0.717) is 37.4 Å². The SMILES string of the molecule is COC(C)(C)CCOC(C)(C)CNC(=O)c1ccc2c(c1)C(CO)c1cc(C(=O)NCC(C)(C)OCCC(C)(C)OC)ccc1-2. The van der Waals surface area contributed by atoms with Gasteiger partial charge < -0.3 is 34.7 Å². The normalized spacial score (nSPS) is 13.8. The Balaban J connectivity index is 1.64. The number of nitrogens with one attached hydrogen (secondary N) is 2. The number of benzene rings is 2. The molecule has 0 atom stereocenters. The number of ether oxygens (including phenoxy) is 4. The van der Waals surface area contributed by atoms with E-state index in [1.807, 2.05) is 79.7 Å². The van der Waals surface area contributed by atoms with Crippen LogP contribution >= 0.6 is 0 Å². The van der Waals surface area contributed by atoms with Gasteiger partial charge in [-0.25, -0.2) is 0 Å². The van der Waals surface area contributed by atoms with Gasteiger partial charge in [0.05, 0.1) is 42.2 Å².